The number of hydrogen-bond acceptors (Lipinski definition) is 4. The molecule has 3 rings (SSSR count). The fraction of sp³-hybridized carbons (Fsp3) is 0.632. The van der Waals surface area contributed by atoms with Crippen molar-refractivity contribution in [3.05, 3.63) is 29.8 Å². The first kappa shape index (κ1) is 21.1. The lowest BCUT2D eigenvalue weighted by Crippen LogP contribution is -2.54. The van der Waals surface area contributed by atoms with Gasteiger partial charge in [-0.3, -0.25) is 9.69 Å². The van der Waals surface area contributed by atoms with E-state index in [2.05, 4.69) is 13.8 Å². The van der Waals surface area contributed by atoms with E-state index in [9.17, 15) is 22.0 Å². The summed E-state index contributed by atoms with van der Waals surface area (Å²) in [4.78, 5) is 16.1. The van der Waals surface area contributed by atoms with Crippen LogP contribution < -0.4 is 0 Å². The number of amides is 1. The van der Waals surface area contributed by atoms with Gasteiger partial charge in [0.05, 0.1) is 6.54 Å². The second kappa shape index (κ2) is 8.42. The SMILES string of the molecule is C[C@@H]1CCC[C@H](C)N1C(=O)CN1CCN(S(=O)(=O)c2ccc(F)cc2F)CC1. The highest BCUT2D eigenvalue weighted by atomic mass is 32.2. The van der Waals surface area contributed by atoms with Crippen LogP contribution >= 0.6 is 0 Å². The van der Waals surface area contributed by atoms with E-state index in [0.29, 0.717) is 19.2 Å². The van der Waals surface area contributed by atoms with Crippen LogP contribution in [-0.4, -0.2) is 73.2 Å². The molecule has 0 aromatic heterocycles. The average molecular weight is 416 g/mol. The smallest absolute Gasteiger partial charge is 0.246 e. The Hall–Kier alpha value is -1.58. The molecule has 0 N–H and O–H groups in total. The maximum absolute atomic E-state index is 13.9. The van der Waals surface area contributed by atoms with Crippen molar-refractivity contribution in [3.8, 4) is 0 Å². The molecule has 6 nitrogen and oxygen atoms in total. The molecule has 2 aliphatic heterocycles. The summed E-state index contributed by atoms with van der Waals surface area (Å²) in [7, 11) is -4.03. The maximum atomic E-state index is 13.9. The van der Waals surface area contributed by atoms with Crippen LogP contribution in [0.2, 0.25) is 0 Å². The summed E-state index contributed by atoms with van der Waals surface area (Å²) in [6.45, 7) is 5.50. The van der Waals surface area contributed by atoms with E-state index >= 15 is 0 Å². The van der Waals surface area contributed by atoms with Crippen LogP contribution in [0.25, 0.3) is 0 Å². The molecule has 1 amide bonds. The molecule has 156 valence electrons. The van der Waals surface area contributed by atoms with Crippen molar-refractivity contribution in [3.63, 3.8) is 0 Å². The van der Waals surface area contributed by atoms with Crippen LogP contribution in [0.4, 0.5) is 8.78 Å². The van der Waals surface area contributed by atoms with Gasteiger partial charge in [0, 0.05) is 44.3 Å². The number of piperazine rings is 1. The highest BCUT2D eigenvalue weighted by Crippen LogP contribution is 2.24. The van der Waals surface area contributed by atoms with Crippen molar-refractivity contribution in [2.75, 3.05) is 32.7 Å². The molecule has 9 heteroatoms. The highest BCUT2D eigenvalue weighted by molar-refractivity contribution is 7.89. The summed E-state index contributed by atoms with van der Waals surface area (Å²) in [5.41, 5.74) is 0. The lowest BCUT2D eigenvalue weighted by Gasteiger charge is -2.41. The van der Waals surface area contributed by atoms with Crippen LogP contribution in [0.15, 0.2) is 23.1 Å². The average Bonchev–Trinajstić information content (AvgIpc) is 2.61. The first-order chi connectivity index (χ1) is 13.2. The zero-order chi connectivity index (χ0) is 20.5. The molecular weight excluding hydrogens is 388 g/mol. The third-order valence-electron chi connectivity index (χ3n) is 5.68. The molecule has 0 aliphatic carbocycles. The molecule has 2 aliphatic rings. The van der Waals surface area contributed by atoms with Gasteiger partial charge in [-0.15, -0.1) is 0 Å². The largest absolute Gasteiger partial charge is 0.336 e. The van der Waals surface area contributed by atoms with E-state index in [1.165, 1.54) is 4.31 Å². The lowest BCUT2D eigenvalue weighted by molar-refractivity contribution is -0.138. The first-order valence-electron chi connectivity index (χ1n) is 9.69. The number of rotatable bonds is 4. The van der Waals surface area contributed by atoms with E-state index < -0.39 is 26.6 Å². The molecule has 2 saturated heterocycles. The lowest BCUT2D eigenvalue weighted by atomic mass is 9.97. The second-order valence-corrected chi connectivity index (χ2v) is 9.59. The van der Waals surface area contributed by atoms with Gasteiger partial charge in [0.25, 0.3) is 0 Å². The number of likely N-dealkylation sites (tertiary alicyclic amines) is 1. The Labute approximate surface area is 165 Å². The van der Waals surface area contributed by atoms with E-state index in [1.54, 1.807) is 0 Å². The zero-order valence-electron chi connectivity index (χ0n) is 16.3. The number of piperidine rings is 1. The minimum atomic E-state index is -4.03. The monoisotopic (exact) mass is 415 g/mol. The predicted octanol–water partition coefficient (Wildman–Crippen LogP) is 2.06. The quantitative estimate of drug-likeness (QED) is 0.755. The molecule has 0 unspecified atom stereocenters. The number of nitrogens with zero attached hydrogens (tertiary/aromatic N) is 3. The normalized spacial score (nSPS) is 25.1. The van der Waals surface area contributed by atoms with Crippen molar-refractivity contribution < 1.29 is 22.0 Å². The molecular formula is C19H27F2N3O3S. The molecule has 1 aromatic carbocycles. The van der Waals surface area contributed by atoms with E-state index in [4.69, 9.17) is 0 Å². The van der Waals surface area contributed by atoms with Crippen molar-refractivity contribution in [1.82, 2.24) is 14.1 Å². The number of benzene rings is 1. The molecule has 2 heterocycles. The van der Waals surface area contributed by atoms with Crippen LogP contribution in [-0.2, 0) is 14.8 Å². The fourth-order valence-electron chi connectivity index (χ4n) is 4.14. The molecule has 1 aromatic rings. The Morgan fingerprint density at radius 1 is 1.07 bits per heavy atom. The molecule has 28 heavy (non-hydrogen) atoms. The summed E-state index contributed by atoms with van der Waals surface area (Å²) in [6.07, 6.45) is 3.14. The standard InChI is InChI=1S/C19H27F2N3O3S/c1-14-4-3-5-15(2)24(14)19(25)13-22-8-10-23(11-9-22)28(26,27)18-7-6-16(20)12-17(18)21/h6-7,12,14-15H,3-5,8-11,13H2,1-2H3/t14-,15+. The zero-order valence-corrected chi connectivity index (χ0v) is 17.1. The molecule has 0 radical (unpaired) electrons. The van der Waals surface area contributed by atoms with Crippen molar-refractivity contribution in [1.29, 1.82) is 0 Å². The van der Waals surface area contributed by atoms with E-state index in [1.807, 2.05) is 9.80 Å². The summed E-state index contributed by atoms with van der Waals surface area (Å²) in [5.74, 6) is -1.84. The Morgan fingerprint density at radius 2 is 1.68 bits per heavy atom. The van der Waals surface area contributed by atoms with Crippen molar-refractivity contribution in [2.24, 2.45) is 0 Å². The minimum absolute atomic E-state index is 0.0700. The van der Waals surface area contributed by atoms with Gasteiger partial charge in [-0.2, -0.15) is 4.31 Å². The van der Waals surface area contributed by atoms with Crippen LogP contribution in [0.5, 0.6) is 0 Å². The van der Waals surface area contributed by atoms with Gasteiger partial charge in [0.1, 0.15) is 16.5 Å². The summed E-state index contributed by atoms with van der Waals surface area (Å²) < 4.78 is 53.5. The maximum Gasteiger partial charge on any atom is 0.246 e. The van der Waals surface area contributed by atoms with Gasteiger partial charge in [-0.05, 0) is 45.2 Å². The molecule has 2 atom stereocenters. The first-order valence-corrected chi connectivity index (χ1v) is 11.1. The number of carbonyl (C=O) groups is 1. The van der Waals surface area contributed by atoms with Crippen LogP contribution in [0, 0.1) is 11.6 Å². The van der Waals surface area contributed by atoms with Gasteiger partial charge in [0.2, 0.25) is 15.9 Å². The number of carbonyl (C=O) groups excluding carboxylic acids is 1. The van der Waals surface area contributed by atoms with Gasteiger partial charge in [-0.25, -0.2) is 17.2 Å². The van der Waals surface area contributed by atoms with Crippen LogP contribution in [0.1, 0.15) is 33.1 Å². The Balaban J connectivity index is 1.60. The second-order valence-electron chi connectivity index (χ2n) is 7.68. The molecule has 2 fully saturated rings. The predicted molar refractivity (Wildman–Crippen MR) is 101 cm³/mol. The molecule has 0 spiro atoms. The number of halogens is 2. The number of sulfonamides is 1. The molecule has 0 saturated carbocycles. The van der Waals surface area contributed by atoms with Gasteiger partial charge < -0.3 is 4.90 Å². The fourth-order valence-corrected chi connectivity index (χ4v) is 5.60. The topological polar surface area (TPSA) is 60.9 Å². The third kappa shape index (κ3) is 4.36. The Kier molecular flexibility index (Phi) is 6.36. The number of hydrogen-bond donors (Lipinski definition) is 0. The minimum Gasteiger partial charge on any atom is -0.336 e. The highest BCUT2D eigenvalue weighted by Gasteiger charge is 2.33. The van der Waals surface area contributed by atoms with E-state index in [0.717, 1.165) is 31.4 Å². The van der Waals surface area contributed by atoms with Crippen LogP contribution in [0.3, 0.4) is 0 Å². The van der Waals surface area contributed by atoms with Crippen molar-refractivity contribution in [2.45, 2.75) is 50.1 Å². The third-order valence-corrected chi connectivity index (χ3v) is 7.62. The van der Waals surface area contributed by atoms with Crippen molar-refractivity contribution >= 4 is 15.9 Å². The Bertz CT molecular complexity index is 816. The Morgan fingerprint density at radius 3 is 2.25 bits per heavy atom. The van der Waals surface area contributed by atoms with Gasteiger partial charge in [0.15, 0.2) is 0 Å². The summed E-state index contributed by atoms with van der Waals surface area (Å²) in [6, 6.07) is 2.91. The van der Waals surface area contributed by atoms with E-state index in [-0.39, 0.29) is 37.6 Å². The van der Waals surface area contributed by atoms with Gasteiger partial charge >= 0.3 is 0 Å². The summed E-state index contributed by atoms with van der Waals surface area (Å²) >= 11 is 0. The summed E-state index contributed by atoms with van der Waals surface area (Å²) in [5, 5.41) is 0. The molecule has 0 bridgehead atoms. The van der Waals surface area contributed by atoms with Gasteiger partial charge in [-0.1, -0.05) is 0 Å².